The van der Waals surface area contributed by atoms with Crippen molar-refractivity contribution in [2.24, 2.45) is 11.8 Å². The number of hydrogen-bond donors (Lipinski definition) is 0. The summed E-state index contributed by atoms with van der Waals surface area (Å²) >= 11 is 0. The van der Waals surface area contributed by atoms with Crippen molar-refractivity contribution in [2.75, 3.05) is 40.2 Å². The predicted octanol–water partition coefficient (Wildman–Crippen LogP) is 9.92. The molecular formula is C38H76O8Si3. The van der Waals surface area contributed by atoms with Gasteiger partial charge in [-0.1, -0.05) is 117 Å². The molecule has 1 rings (SSSR count). The van der Waals surface area contributed by atoms with E-state index in [1.165, 1.54) is 6.42 Å². The third kappa shape index (κ3) is 25.9. The molecule has 0 aromatic rings. The zero-order valence-corrected chi connectivity index (χ0v) is 36.4. The SMILES string of the molecule is CCCCC[C@@H](/C=C/[C@H]1[C@H](OCOCC[Si](C)(C)C)CC(=O)[C@@H]1CCCCCCC(=O)OCOCC[Si](C)(C)C)OCOCC[Si](C)(C)C. The fourth-order valence-electron chi connectivity index (χ4n) is 5.57. The molecule has 4 atom stereocenters. The number of carbonyl (C=O) groups is 2. The van der Waals surface area contributed by atoms with Gasteiger partial charge in [-0.15, -0.1) is 0 Å². The highest BCUT2D eigenvalue weighted by Gasteiger charge is 2.41. The van der Waals surface area contributed by atoms with E-state index in [9.17, 15) is 9.59 Å². The Labute approximate surface area is 304 Å². The number of esters is 1. The van der Waals surface area contributed by atoms with Crippen LogP contribution < -0.4 is 0 Å². The summed E-state index contributed by atoms with van der Waals surface area (Å²) in [4.78, 5) is 25.4. The topological polar surface area (TPSA) is 89.5 Å². The zero-order valence-electron chi connectivity index (χ0n) is 33.4. The molecule has 1 aliphatic carbocycles. The van der Waals surface area contributed by atoms with Gasteiger partial charge in [0.05, 0.1) is 12.2 Å². The average Bonchev–Trinajstić information content (AvgIpc) is 3.28. The highest BCUT2D eigenvalue weighted by Crippen LogP contribution is 2.36. The van der Waals surface area contributed by atoms with E-state index < -0.39 is 24.2 Å². The molecule has 49 heavy (non-hydrogen) atoms. The summed E-state index contributed by atoms with van der Waals surface area (Å²) in [6.45, 7) is 25.8. The van der Waals surface area contributed by atoms with Gasteiger partial charge in [0.2, 0.25) is 0 Å². The maximum atomic E-state index is 13.3. The van der Waals surface area contributed by atoms with Crippen molar-refractivity contribution < 1.29 is 38.0 Å². The predicted molar refractivity (Wildman–Crippen MR) is 210 cm³/mol. The minimum Gasteiger partial charge on any atom is -0.438 e. The zero-order chi connectivity index (χ0) is 36.8. The van der Waals surface area contributed by atoms with Crippen LogP contribution >= 0.6 is 0 Å². The quantitative estimate of drug-likeness (QED) is 0.0236. The van der Waals surface area contributed by atoms with Crippen LogP contribution in [0, 0.1) is 11.8 Å². The van der Waals surface area contributed by atoms with Crippen molar-refractivity contribution in [1.29, 1.82) is 0 Å². The van der Waals surface area contributed by atoms with Crippen molar-refractivity contribution in [3.63, 3.8) is 0 Å². The van der Waals surface area contributed by atoms with Crippen LogP contribution in [0.2, 0.25) is 77.1 Å². The molecule has 1 aliphatic rings. The molecular weight excluding hydrogens is 669 g/mol. The maximum absolute atomic E-state index is 13.3. The van der Waals surface area contributed by atoms with Gasteiger partial charge in [-0.05, 0) is 37.4 Å². The molecule has 288 valence electrons. The highest BCUT2D eigenvalue weighted by atomic mass is 28.3. The molecule has 0 aromatic carbocycles. The lowest BCUT2D eigenvalue weighted by Crippen LogP contribution is -2.25. The summed E-state index contributed by atoms with van der Waals surface area (Å²) in [6.07, 6.45) is 13.8. The van der Waals surface area contributed by atoms with Gasteiger partial charge in [-0.25, -0.2) is 0 Å². The van der Waals surface area contributed by atoms with E-state index in [1.54, 1.807) is 0 Å². The number of carbonyl (C=O) groups excluding carboxylic acids is 2. The van der Waals surface area contributed by atoms with Crippen LogP contribution in [0.3, 0.4) is 0 Å². The second kappa shape index (κ2) is 25.3. The number of ketones is 1. The summed E-state index contributed by atoms with van der Waals surface area (Å²) in [5, 5.41) is 0. The van der Waals surface area contributed by atoms with Crippen LogP contribution in [0.25, 0.3) is 0 Å². The number of unbranched alkanes of at least 4 members (excludes halogenated alkanes) is 5. The highest BCUT2D eigenvalue weighted by molar-refractivity contribution is 6.76. The molecule has 0 spiro atoms. The molecule has 0 amide bonds. The van der Waals surface area contributed by atoms with E-state index in [2.05, 4.69) is 78.0 Å². The molecule has 8 nitrogen and oxygen atoms in total. The Morgan fingerprint density at radius 2 is 1.33 bits per heavy atom. The molecule has 0 N–H and O–H groups in total. The summed E-state index contributed by atoms with van der Waals surface area (Å²) in [5.41, 5.74) is 0. The molecule has 11 heteroatoms. The summed E-state index contributed by atoms with van der Waals surface area (Å²) in [7, 11) is -3.48. The Morgan fingerprint density at radius 1 is 0.755 bits per heavy atom. The van der Waals surface area contributed by atoms with Crippen LogP contribution in [0.1, 0.15) is 77.6 Å². The fourth-order valence-corrected chi connectivity index (χ4v) is 7.84. The molecule has 0 unspecified atom stereocenters. The van der Waals surface area contributed by atoms with Crippen molar-refractivity contribution in [1.82, 2.24) is 0 Å². The van der Waals surface area contributed by atoms with Gasteiger partial charge in [0.15, 0.2) is 6.79 Å². The van der Waals surface area contributed by atoms with E-state index in [4.69, 9.17) is 28.4 Å². The van der Waals surface area contributed by atoms with Gasteiger partial charge < -0.3 is 28.4 Å². The van der Waals surface area contributed by atoms with Crippen LogP contribution in [0.4, 0.5) is 0 Å². The number of Topliss-reactive ketones (excluding diaryl/α,β-unsaturated/α-hetero) is 1. The number of rotatable bonds is 30. The van der Waals surface area contributed by atoms with E-state index >= 15 is 0 Å². The lowest BCUT2D eigenvalue weighted by atomic mass is 9.88. The second-order valence-electron chi connectivity index (χ2n) is 17.6. The molecule has 0 heterocycles. The molecule has 1 saturated carbocycles. The van der Waals surface area contributed by atoms with Crippen molar-refractivity contribution in [2.45, 2.75) is 167 Å². The van der Waals surface area contributed by atoms with Crippen molar-refractivity contribution in [3.05, 3.63) is 12.2 Å². The average molecular weight is 745 g/mol. The summed E-state index contributed by atoms with van der Waals surface area (Å²) < 4.78 is 34.9. The summed E-state index contributed by atoms with van der Waals surface area (Å²) in [6, 6.07) is 3.27. The van der Waals surface area contributed by atoms with Crippen LogP contribution in [0.15, 0.2) is 12.2 Å². The monoisotopic (exact) mass is 744 g/mol. The standard InChI is InChI=1S/C38H76O8Si3/c1-11-12-15-18-33(44-30-41-23-26-47(2,3)4)21-22-35-34(36(39)29-37(35)45-31-42-24-27-48(5,6)7)19-16-13-14-17-20-38(40)46-32-43-25-28-49(8,9)10/h21-22,33-35,37H,11-20,23-32H2,1-10H3/b22-21+/t33-,34+,35+,37+/m0/s1. The van der Waals surface area contributed by atoms with Crippen LogP contribution in [-0.2, 0) is 38.0 Å². The molecule has 0 aromatic heterocycles. The largest absolute Gasteiger partial charge is 0.438 e. The first-order valence-corrected chi connectivity index (χ1v) is 30.5. The Morgan fingerprint density at radius 3 is 1.92 bits per heavy atom. The van der Waals surface area contributed by atoms with Gasteiger partial charge in [0.25, 0.3) is 0 Å². The van der Waals surface area contributed by atoms with E-state index in [1.807, 2.05) is 0 Å². The Hall–Kier alpha value is -0.669. The van der Waals surface area contributed by atoms with Gasteiger partial charge in [0, 0.05) is 68.7 Å². The third-order valence-corrected chi connectivity index (χ3v) is 14.1. The Balaban J connectivity index is 2.70. The number of hydrogen-bond acceptors (Lipinski definition) is 8. The van der Waals surface area contributed by atoms with Crippen LogP contribution in [0.5, 0.6) is 0 Å². The lowest BCUT2D eigenvalue weighted by molar-refractivity contribution is -0.156. The maximum Gasteiger partial charge on any atom is 0.307 e. The first-order valence-electron chi connectivity index (χ1n) is 19.3. The van der Waals surface area contributed by atoms with Gasteiger partial charge in [0.1, 0.15) is 19.4 Å². The van der Waals surface area contributed by atoms with E-state index in [-0.39, 0.29) is 49.4 Å². The smallest absolute Gasteiger partial charge is 0.307 e. The van der Waals surface area contributed by atoms with Gasteiger partial charge in [-0.3, -0.25) is 9.59 Å². The molecule has 0 radical (unpaired) electrons. The molecule has 0 aliphatic heterocycles. The first-order chi connectivity index (χ1) is 23.0. The van der Waals surface area contributed by atoms with Gasteiger partial charge in [-0.2, -0.15) is 0 Å². The lowest BCUT2D eigenvalue weighted by Gasteiger charge is -2.23. The first kappa shape index (κ1) is 46.4. The normalized spacial score (nSPS) is 19.6. The van der Waals surface area contributed by atoms with Crippen molar-refractivity contribution >= 4 is 36.0 Å². The minimum absolute atomic E-state index is 0.00546. The molecule has 1 fully saturated rings. The van der Waals surface area contributed by atoms with Gasteiger partial charge >= 0.3 is 5.97 Å². The Bertz CT molecular complexity index is 910. The third-order valence-electron chi connectivity index (χ3n) is 9.02. The van der Waals surface area contributed by atoms with E-state index in [0.29, 0.717) is 32.8 Å². The number of ether oxygens (including phenoxy) is 6. The molecule has 0 bridgehead atoms. The van der Waals surface area contributed by atoms with Crippen LogP contribution in [-0.4, -0.2) is 88.4 Å². The summed E-state index contributed by atoms with van der Waals surface area (Å²) in [5.74, 6) is -0.00845. The minimum atomic E-state index is -1.18. The molecule has 0 saturated heterocycles. The van der Waals surface area contributed by atoms with E-state index in [0.717, 1.165) is 76.1 Å². The van der Waals surface area contributed by atoms with Crippen molar-refractivity contribution in [3.8, 4) is 0 Å². The second-order valence-corrected chi connectivity index (χ2v) is 34.5. The fraction of sp³-hybridized carbons (Fsp3) is 0.895. The Kier molecular flexibility index (Phi) is 24.0.